The molecule has 2 aromatic rings. The normalized spacial score (nSPS) is 20.8. The zero-order valence-corrected chi connectivity index (χ0v) is 13.9. The van der Waals surface area contributed by atoms with Gasteiger partial charge in [-0.1, -0.05) is 26.0 Å². The van der Waals surface area contributed by atoms with E-state index in [0.29, 0.717) is 18.0 Å². The highest BCUT2D eigenvalue weighted by molar-refractivity contribution is 5.88. The van der Waals surface area contributed by atoms with Crippen molar-refractivity contribution in [3.05, 3.63) is 41.1 Å². The van der Waals surface area contributed by atoms with Gasteiger partial charge in [-0.15, -0.1) is 0 Å². The molecule has 1 aromatic heterocycles. The molecule has 5 heteroatoms. The summed E-state index contributed by atoms with van der Waals surface area (Å²) in [5.41, 5.74) is 3.76. The first-order chi connectivity index (χ1) is 11.5. The Bertz CT molecular complexity index is 844. The van der Waals surface area contributed by atoms with Gasteiger partial charge in [0.05, 0.1) is 17.7 Å². The van der Waals surface area contributed by atoms with E-state index in [1.54, 1.807) is 0 Å². The Morgan fingerprint density at radius 2 is 2.33 bits per heavy atom. The number of H-pyrrole nitrogens is 1. The minimum absolute atomic E-state index is 0.0803. The van der Waals surface area contributed by atoms with Crippen LogP contribution in [0, 0.1) is 17.2 Å². The second-order valence-corrected chi connectivity index (χ2v) is 6.45. The number of carboxylic acid groups (broad SMARTS) is 1. The average molecular weight is 323 g/mol. The Balaban J connectivity index is 1.94. The van der Waals surface area contributed by atoms with Crippen molar-refractivity contribution in [2.24, 2.45) is 5.92 Å². The first-order valence-electron chi connectivity index (χ1n) is 8.26. The number of aromatic nitrogens is 1. The molecule has 124 valence electrons. The van der Waals surface area contributed by atoms with Gasteiger partial charge in [0.15, 0.2) is 0 Å². The monoisotopic (exact) mass is 323 g/mol. The maximum atomic E-state index is 11.4. The molecule has 0 aliphatic carbocycles. The Labute approximate surface area is 141 Å². The van der Waals surface area contributed by atoms with E-state index in [9.17, 15) is 9.90 Å². The number of benzene rings is 1. The minimum atomic E-state index is -0.861. The van der Waals surface area contributed by atoms with Crippen LogP contribution >= 0.6 is 0 Å². The topological polar surface area (TPSA) is 80.1 Å². The molecule has 5 nitrogen and oxygen atoms in total. The second-order valence-electron chi connectivity index (χ2n) is 6.45. The smallest absolute Gasteiger partial charge is 0.407 e. The predicted molar refractivity (Wildman–Crippen MR) is 93.7 cm³/mol. The average Bonchev–Trinajstić information content (AvgIpc) is 3.11. The van der Waals surface area contributed by atoms with E-state index in [4.69, 9.17) is 5.26 Å². The number of nitrogens with one attached hydrogen (secondary N) is 1. The molecular formula is C19H21N3O2. The van der Waals surface area contributed by atoms with Crippen LogP contribution < -0.4 is 0 Å². The molecular weight excluding hydrogens is 302 g/mol. The first kappa shape index (κ1) is 16.1. The van der Waals surface area contributed by atoms with E-state index >= 15 is 0 Å². The van der Waals surface area contributed by atoms with Crippen LogP contribution in [-0.4, -0.2) is 33.7 Å². The van der Waals surface area contributed by atoms with Crippen molar-refractivity contribution < 1.29 is 9.90 Å². The van der Waals surface area contributed by atoms with Gasteiger partial charge in [-0.2, -0.15) is 5.26 Å². The Morgan fingerprint density at radius 3 is 3.00 bits per heavy atom. The van der Waals surface area contributed by atoms with E-state index in [1.807, 2.05) is 30.4 Å². The maximum absolute atomic E-state index is 11.4. The molecule has 1 saturated heterocycles. The van der Waals surface area contributed by atoms with Crippen LogP contribution in [-0.2, 0) is 6.42 Å². The summed E-state index contributed by atoms with van der Waals surface area (Å²) in [4.78, 5) is 16.2. The molecule has 0 spiro atoms. The molecule has 1 amide bonds. The molecule has 1 aliphatic heterocycles. The first-order valence-corrected chi connectivity index (χ1v) is 8.26. The molecule has 2 heterocycles. The second kappa shape index (κ2) is 6.40. The van der Waals surface area contributed by atoms with E-state index in [2.05, 4.69) is 24.9 Å². The number of carbonyl (C=O) groups is 1. The van der Waals surface area contributed by atoms with Crippen LogP contribution in [0.25, 0.3) is 17.0 Å². The van der Waals surface area contributed by atoms with Gasteiger partial charge in [-0.05, 0) is 42.5 Å². The van der Waals surface area contributed by atoms with Gasteiger partial charge in [-0.25, -0.2) is 4.79 Å². The molecule has 2 atom stereocenters. The summed E-state index contributed by atoms with van der Waals surface area (Å²) < 4.78 is 0. The number of nitrogens with zero attached hydrogens (tertiary/aromatic N) is 2. The fourth-order valence-corrected chi connectivity index (χ4v) is 3.56. The third-order valence-electron chi connectivity index (χ3n) is 4.71. The van der Waals surface area contributed by atoms with E-state index in [0.717, 1.165) is 29.4 Å². The van der Waals surface area contributed by atoms with Gasteiger partial charge in [0.2, 0.25) is 0 Å². The van der Waals surface area contributed by atoms with Crippen molar-refractivity contribution in [1.29, 1.82) is 5.26 Å². The summed E-state index contributed by atoms with van der Waals surface area (Å²) in [5.74, 6) is 0.377. The van der Waals surface area contributed by atoms with Crippen molar-refractivity contribution in [3.63, 3.8) is 0 Å². The summed E-state index contributed by atoms with van der Waals surface area (Å²) in [6.45, 7) is 4.76. The van der Waals surface area contributed by atoms with Crippen molar-refractivity contribution in [1.82, 2.24) is 9.88 Å². The highest BCUT2D eigenvalue weighted by atomic mass is 16.4. The van der Waals surface area contributed by atoms with Crippen LogP contribution in [0.2, 0.25) is 0 Å². The van der Waals surface area contributed by atoms with E-state index < -0.39 is 6.09 Å². The molecule has 0 radical (unpaired) electrons. The van der Waals surface area contributed by atoms with E-state index in [-0.39, 0.29) is 6.04 Å². The van der Waals surface area contributed by atoms with Crippen LogP contribution in [0.5, 0.6) is 0 Å². The zero-order valence-electron chi connectivity index (χ0n) is 13.9. The number of rotatable bonds is 3. The lowest BCUT2D eigenvalue weighted by molar-refractivity contribution is 0.146. The summed E-state index contributed by atoms with van der Waals surface area (Å²) in [7, 11) is 0. The summed E-state index contributed by atoms with van der Waals surface area (Å²) in [6, 6.07) is 7.73. The van der Waals surface area contributed by atoms with Crippen LogP contribution in [0.15, 0.2) is 24.3 Å². The predicted octanol–water partition coefficient (Wildman–Crippen LogP) is 4.00. The molecule has 1 fully saturated rings. The minimum Gasteiger partial charge on any atom is -0.465 e. The van der Waals surface area contributed by atoms with Gasteiger partial charge < -0.3 is 15.0 Å². The van der Waals surface area contributed by atoms with E-state index in [1.165, 1.54) is 10.5 Å². The number of fused-ring (bicyclic) bond motifs is 1. The van der Waals surface area contributed by atoms with Gasteiger partial charge in [0.1, 0.15) is 0 Å². The van der Waals surface area contributed by atoms with Crippen molar-refractivity contribution in [2.75, 3.05) is 6.54 Å². The Morgan fingerprint density at radius 1 is 1.54 bits per heavy atom. The fourth-order valence-electron chi connectivity index (χ4n) is 3.56. The van der Waals surface area contributed by atoms with Gasteiger partial charge in [-0.3, -0.25) is 0 Å². The molecule has 2 N–H and O–H groups in total. The van der Waals surface area contributed by atoms with Gasteiger partial charge in [0, 0.05) is 23.1 Å². The lowest BCUT2D eigenvalue weighted by atomic mass is 10.0. The lowest BCUT2D eigenvalue weighted by Crippen LogP contribution is -2.33. The molecule has 1 aliphatic rings. The molecule has 1 aromatic carbocycles. The summed E-state index contributed by atoms with van der Waals surface area (Å²) in [6.07, 6.45) is 4.83. The third-order valence-corrected chi connectivity index (χ3v) is 4.71. The highest BCUT2D eigenvalue weighted by Gasteiger charge is 2.31. The number of aryl methyl sites for hydroxylation is 1. The lowest BCUT2D eigenvalue weighted by Gasteiger charge is -2.17. The number of nitriles is 1. The fraction of sp³-hybridized carbons (Fsp3) is 0.368. The highest BCUT2D eigenvalue weighted by Crippen LogP contribution is 2.27. The molecule has 0 unspecified atom stereocenters. The van der Waals surface area contributed by atoms with Gasteiger partial charge >= 0.3 is 6.09 Å². The SMILES string of the molecule is CCc1c(C=C[C@@H]2C[C@H](C)CN2C(=O)O)[nH]c2cc(C#N)ccc12. The summed E-state index contributed by atoms with van der Waals surface area (Å²) >= 11 is 0. The Kier molecular flexibility index (Phi) is 4.30. The molecule has 24 heavy (non-hydrogen) atoms. The number of amides is 1. The maximum Gasteiger partial charge on any atom is 0.407 e. The molecule has 3 rings (SSSR count). The number of hydrogen-bond acceptors (Lipinski definition) is 2. The Hall–Kier alpha value is -2.74. The molecule has 0 bridgehead atoms. The van der Waals surface area contributed by atoms with Crippen LogP contribution in [0.4, 0.5) is 4.79 Å². The van der Waals surface area contributed by atoms with Crippen LogP contribution in [0.1, 0.15) is 37.1 Å². The zero-order chi connectivity index (χ0) is 17.3. The number of aromatic amines is 1. The van der Waals surface area contributed by atoms with Crippen molar-refractivity contribution >= 4 is 23.1 Å². The largest absolute Gasteiger partial charge is 0.465 e. The molecule has 0 saturated carbocycles. The quantitative estimate of drug-likeness (QED) is 0.895. The van der Waals surface area contributed by atoms with Crippen molar-refractivity contribution in [3.8, 4) is 6.07 Å². The third kappa shape index (κ3) is 2.88. The summed E-state index contributed by atoms with van der Waals surface area (Å²) in [5, 5.41) is 19.5. The standard InChI is InChI=1S/C19H21N3O2/c1-3-15-16-6-4-13(10-20)9-18(16)21-17(15)7-5-14-8-12(2)11-22(14)19(23)24/h4-7,9,12,14,21H,3,8,11H2,1-2H3,(H,23,24)/t12-,14+/m0/s1. The van der Waals surface area contributed by atoms with Gasteiger partial charge in [0.25, 0.3) is 0 Å². The van der Waals surface area contributed by atoms with Crippen LogP contribution in [0.3, 0.4) is 0 Å². The number of hydrogen-bond donors (Lipinski definition) is 2. The number of likely N-dealkylation sites (tertiary alicyclic amines) is 1. The van der Waals surface area contributed by atoms with Crippen molar-refractivity contribution in [2.45, 2.75) is 32.7 Å².